The van der Waals surface area contributed by atoms with Gasteiger partial charge in [-0.15, -0.1) is 0 Å². The Morgan fingerprint density at radius 1 is 0.875 bits per heavy atom. The maximum atomic E-state index is 5.05. The van der Waals surface area contributed by atoms with Crippen LogP contribution in [0.3, 0.4) is 0 Å². The summed E-state index contributed by atoms with van der Waals surface area (Å²) < 4.78 is 0. The average molecular weight is 527 g/mol. The molecule has 0 unspecified atom stereocenters. The van der Waals surface area contributed by atoms with Gasteiger partial charge in [-0.05, 0) is 58.7 Å². The standard InChI is InChI=1S/C24H43N5.2ClH.Mn/c1-18(27-20-10-5-4-6-11-20)21-14-9-15-22(29-21)19(2)28-24-13-8-7-12-23(24)26-17-16-25-3;;;/h9,14-15,18-20,23-28H,4-8,10-13,16-17H2,1-3H3;2*1H;/q;;;+2/p-2/t18-,19-,23+,24+;;;/m0.../s1. The van der Waals surface area contributed by atoms with Gasteiger partial charge in [0, 0.05) is 43.3 Å². The van der Waals surface area contributed by atoms with E-state index in [1.807, 2.05) is 7.05 Å². The number of halogens is 2. The third kappa shape index (κ3) is 10.1. The minimum absolute atomic E-state index is 0.00694. The summed E-state index contributed by atoms with van der Waals surface area (Å²) in [6.07, 6.45) is 11.9. The van der Waals surface area contributed by atoms with E-state index in [-0.39, 0.29) is 19.2 Å². The number of hydrogen-bond donors (Lipinski definition) is 4. The number of aromatic nitrogens is 1. The van der Waals surface area contributed by atoms with Crippen LogP contribution >= 0.6 is 20.2 Å². The van der Waals surface area contributed by atoms with Crippen molar-refractivity contribution in [2.24, 2.45) is 0 Å². The van der Waals surface area contributed by atoms with Crippen LogP contribution in [0.4, 0.5) is 0 Å². The monoisotopic (exact) mass is 526 g/mol. The molecule has 0 bridgehead atoms. The van der Waals surface area contributed by atoms with Crippen molar-refractivity contribution in [2.45, 2.75) is 102 Å². The number of rotatable bonds is 10. The van der Waals surface area contributed by atoms with E-state index in [1.165, 1.54) is 69.2 Å². The molecule has 2 fully saturated rings. The molecule has 2 aliphatic rings. The van der Waals surface area contributed by atoms with Gasteiger partial charge in [-0.25, -0.2) is 0 Å². The first-order valence-corrected chi connectivity index (χ1v) is 15.6. The number of pyridine rings is 1. The Morgan fingerprint density at radius 2 is 1.44 bits per heavy atom. The van der Waals surface area contributed by atoms with E-state index in [2.05, 4.69) is 53.3 Å². The molecule has 1 aromatic heterocycles. The molecular weight excluding hydrogens is 484 g/mol. The fourth-order valence-electron chi connectivity index (χ4n) is 5.02. The average Bonchev–Trinajstić information content (AvgIpc) is 2.81. The van der Waals surface area contributed by atoms with E-state index in [0.29, 0.717) is 24.2 Å². The van der Waals surface area contributed by atoms with Gasteiger partial charge in [0.1, 0.15) is 0 Å². The summed E-state index contributed by atoms with van der Waals surface area (Å²) >= 11 is 0.00694. The topological polar surface area (TPSA) is 61.0 Å². The van der Waals surface area contributed by atoms with Gasteiger partial charge in [-0.1, -0.05) is 38.2 Å². The molecular formula is C24H43Cl2MnN5. The summed E-state index contributed by atoms with van der Waals surface area (Å²) in [6.45, 7) is 6.59. The quantitative estimate of drug-likeness (QED) is 0.249. The van der Waals surface area contributed by atoms with Crippen molar-refractivity contribution in [3.05, 3.63) is 29.6 Å². The van der Waals surface area contributed by atoms with E-state index < -0.39 is 0 Å². The number of nitrogens with one attached hydrogen (secondary N) is 4. The minimum atomic E-state index is 0.00694. The van der Waals surface area contributed by atoms with Crippen LogP contribution < -0.4 is 21.3 Å². The van der Waals surface area contributed by atoms with Crippen molar-refractivity contribution in [1.82, 2.24) is 26.3 Å². The third-order valence-corrected chi connectivity index (χ3v) is 6.78. The fourth-order valence-corrected chi connectivity index (χ4v) is 5.02. The maximum absolute atomic E-state index is 5.05. The number of nitrogens with zero attached hydrogens (tertiary/aromatic N) is 1. The predicted molar refractivity (Wildman–Crippen MR) is 134 cm³/mol. The summed E-state index contributed by atoms with van der Waals surface area (Å²) in [4.78, 5) is 5.05. The zero-order valence-electron chi connectivity index (χ0n) is 20.0. The molecule has 0 radical (unpaired) electrons. The van der Waals surface area contributed by atoms with Crippen LogP contribution in [0.2, 0.25) is 0 Å². The van der Waals surface area contributed by atoms with Crippen molar-refractivity contribution in [3.63, 3.8) is 0 Å². The fraction of sp³-hybridized carbons (Fsp3) is 0.792. The molecule has 3 rings (SSSR count). The Labute approximate surface area is 210 Å². The molecule has 2 saturated carbocycles. The molecule has 0 spiro atoms. The Morgan fingerprint density at radius 3 is 2.06 bits per heavy atom. The van der Waals surface area contributed by atoms with Crippen LogP contribution in [0.5, 0.6) is 0 Å². The van der Waals surface area contributed by atoms with E-state index in [0.717, 1.165) is 13.1 Å². The van der Waals surface area contributed by atoms with Crippen LogP contribution in [0.1, 0.15) is 95.1 Å². The summed E-state index contributed by atoms with van der Waals surface area (Å²) in [5.74, 6) is 0. The zero-order valence-corrected chi connectivity index (χ0v) is 22.7. The van der Waals surface area contributed by atoms with E-state index >= 15 is 0 Å². The molecule has 32 heavy (non-hydrogen) atoms. The molecule has 1 aromatic rings. The van der Waals surface area contributed by atoms with Gasteiger partial charge >= 0.3 is 33.3 Å². The molecule has 0 aliphatic heterocycles. The van der Waals surface area contributed by atoms with Crippen LogP contribution in [-0.2, 0) is 13.1 Å². The summed E-state index contributed by atoms with van der Waals surface area (Å²) in [5.41, 5.74) is 2.34. The first kappa shape index (κ1) is 28.3. The van der Waals surface area contributed by atoms with Crippen molar-refractivity contribution < 1.29 is 13.1 Å². The van der Waals surface area contributed by atoms with Crippen molar-refractivity contribution in [3.8, 4) is 0 Å². The number of hydrogen-bond acceptors (Lipinski definition) is 5. The Kier molecular flexibility index (Phi) is 14.8. The molecule has 0 amide bonds. The molecule has 0 saturated heterocycles. The van der Waals surface area contributed by atoms with Gasteiger partial charge in [0.15, 0.2) is 0 Å². The van der Waals surface area contributed by atoms with Gasteiger partial charge in [0.25, 0.3) is 0 Å². The van der Waals surface area contributed by atoms with Gasteiger partial charge in [0.05, 0.1) is 11.4 Å². The summed E-state index contributed by atoms with van der Waals surface area (Å²) in [7, 11) is 11.6. The first-order valence-electron chi connectivity index (χ1n) is 12.3. The third-order valence-electron chi connectivity index (χ3n) is 6.78. The van der Waals surface area contributed by atoms with Crippen LogP contribution in [0.25, 0.3) is 0 Å². The van der Waals surface area contributed by atoms with E-state index in [4.69, 9.17) is 25.2 Å². The van der Waals surface area contributed by atoms with Crippen LogP contribution in [0, 0.1) is 0 Å². The van der Waals surface area contributed by atoms with Crippen molar-refractivity contribution >= 4 is 20.2 Å². The second-order valence-corrected chi connectivity index (χ2v) is 11.2. The Balaban J connectivity index is 0.00000114. The SMILES string of the molecule is CNCCN[C@@H]1CCCC[C@H]1N[C@@H](C)c1cccc([C@H](C)NC2CCCCC2)n1.[Cl][Mn][Cl]. The van der Waals surface area contributed by atoms with Crippen LogP contribution in [0.15, 0.2) is 18.2 Å². The first-order chi connectivity index (χ1) is 15.6. The molecule has 5 nitrogen and oxygen atoms in total. The Bertz CT molecular complexity index is 618. The second-order valence-electron chi connectivity index (χ2n) is 9.21. The Hall–Kier alpha value is 0.0895. The molecule has 2 aliphatic carbocycles. The molecule has 8 heteroatoms. The van der Waals surface area contributed by atoms with E-state index in [9.17, 15) is 0 Å². The van der Waals surface area contributed by atoms with Gasteiger partial charge in [-0.2, -0.15) is 0 Å². The zero-order chi connectivity index (χ0) is 23.2. The van der Waals surface area contributed by atoms with Gasteiger partial charge in [-0.3, -0.25) is 4.98 Å². The molecule has 0 aromatic carbocycles. The van der Waals surface area contributed by atoms with Gasteiger partial charge in [0.2, 0.25) is 0 Å². The molecule has 185 valence electrons. The summed E-state index contributed by atoms with van der Waals surface area (Å²) in [6, 6.07) is 8.88. The van der Waals surface area contributed by atoms with Crippen molar-refractivity contribution in [1.29, 1.82) is 0 Å². The van der Waals surface area contributed by atoms with Crippen LogP contribution in [-0.4, -0.2) is 43.2 Å². The van der Waals surface area contributed by atoms with E-state index in [1.54, 1.807) is 0 Å². The summed E-state index contributed by atoms with van der Waals surface area (Å²) in [5, 5.41) is 14.7. The van der Waals surface area contributed by atoms with Gasteiger partial charge < -0.3 is 21.3 Å². The number of likely N-dealkylation sites (N-methyl/N-ethyl adjacent to an activating group) is 1. The molecule has 4 N–H and O–H groups in total. The normalized spacial score (nSPS) is 23.8. The molecule has 4 atom stereocenters. The predicted octanol–water partition coefficient (Wildman–Crippen LogP) is 5.21. The second kappa shape index (κ2) is 16.7. The van der Waals surface area contributed by atoms with Crippen molar-refractivity contribution in [2.75, 3.05) is 20.1 Å². The molecule has 1 heterocycles.